The molecule has 0 heterocycles. The Bertz CT molecular complexity index is 851. The van der Waals surface area contributed by atoms with Crippen molar-refractivity contribution in [3.63, 3.8) is 0 Å². The minimum atomic E-state index is -4.06. The fourth-order valence-corrected chi connectivity index (χ4v) is 2.57. The van der Waals surface area contributed by atoms with Crippen LogP contribution in [0.1, 0.15) is 11.1 Å². The van der Waals surface area contributed by atoms with E-state index in [-0.39, 0.29) is 5.75 Å². The quantitative estimate of drug-likeness (QED) is 0.757. The minimum Gasteiger partial charge on any atom is -0.493 e. The van der Waals surface area contributed by atoms with Gasteiger partial charge in [0.05, 0.1) is 21.3 Å². The lowest BCUT2D eigenvalue weighted by atomic mass is 10.1. The molecule has 0 bridgehead atoms. The number of nitrogens with two attached hydrogens (primary N) is 1. The van der Waals surface area contributed by atoms with Crippen LogP contribution < -0.4 is 23.5 Å². The van der Waals surface area contributed by atoms with Crippen LogP contribution in [0.15, 0.2) is 36.4 Å². The van der Waals surface area contributed by atoms with Gasteiger partial charge in [-0.2, -0.15) is 13.6 Å². The van der Waals surface area contributed by atoms with E-state index in [1.54, 1.807) is 50.6 Å². The Morgan fingerprint density at radius 2 is 1.48 bits per heavy atom. The van der Waals surface area contributed by atoms with Crippen molar-refractivity contribution in [2.75, 3.05) is 21.3 Å². The van der Waals surface area contributed by atoms with Crippen LogP contribution in [0.25, 0.3) is 12.2 Å². The van der Waals surface area contributed by atoms with Gasteiger partial charge in [0, 0.05) is 0 Å². The van der Waals surface area contributed by atoms with E-state index in [0.29, 0.717) is 17.2 Å². The van der Waals surface area contributed by atoms with E-state index >= 15 is 0 Å². The molecule has 2 aromatic carbocycles. The average Bonchev–Trinajstić information content (AvgIpc) is 2.57. The largest absolute Gasteiger partial charge is 0.493 e. The highest BCUT2D eigenvalue weighted by Gasteiger charge is 2.12. The van der Waals surface area contributed by atoms with Gasteiger partial charge in [0.15, 0.2) is 11.5 Å². The van der Waals surface area contributed by atoms with Crippen molar-refractivity contribution in [3.05, 3.63) is 47.5 Å². The molecule has 0 radical (unpaired) electrons. The lowest BCUT2D eigenvalue weighted by molar-refractivity contribution is 0.324. The molecule has 8 heteroatoms. The fourth-order valence-electron chi connectivity index (χ4n) is 2.19. The Balaban J connectivity index is 2.32. The number of rotatable bonds is 7. The lowest BCUT2D eigenvalue weighted by Gasteiger charge is -2.12. The summed E-state index contributed by atoms with van der Waals surface area (Å²) < 4.78 is 42.5. The molecule has 0 unspecified atom stereocenters. The SMILES string of the molecule is COc1cc(/C=C/c2cccc(OS(N)(=O)=O)c2)cc(OC)c1OC. The predicted molar refractivity (Wildman–Crippen MR) is 95.2 cm³/mol. The topological polar surface area (TPSA) is 97.1 Å². The van der Waals surface area contributed by atoms with Gasteiger partial charge in [-0.25, -0.2) is 0 Å². The minimum absolute atomic E-state index is 0.134. The number of hydrogen-bond donors (Lipinski definition) is 1. The van der Waals surface area contributed by atoms with Crippen LogP contribution in [0, 0.1) is 0 Å². The van der Waals surface area contributed by atoms with E-state index in [2.05, 4.69) is 4.18 Å². The van der Waals surface area contributed by atoms with Gasteiger partial charge in [-0.1, -0.05) is 24.3 Å². The summed E-state index contributed by atoms with van der Waals surface area (Å²) in [5, 5.41) is 4.87. The van der Waals surface area contributed by atoms with Gasteiger partial charge in [-0.15, -0.1) is 0 Å². The Morgan fingerprint density at radius 3 is 2.00 bits per heavy atom. The molecule has 0 saturated carbocycles. The highest BCUT2D eigenvalue weighted by Crippen LogP contribution is 2.38. The molecule has 0 atom stereocenters. The molecule has 0 amide bonds. The van der Waals surface area contributed by atoms with Crippen molar-refractivity contribution in [2.24, 2.45) is 5.14 Å². The smallest absolute Gasteiger partial charge is 0.380 e. The molecule has 0 saturated heterocycles. The summed E-state index contributed by atoms with van der Waals surface area (Å²) in [6, 6.07) is 10.1. The maximum Gasteiger partial charge on any atom is 0.380 e. The zero-order chi connectivity index (χ0) is 18.4. The summed E-state index contributed by atoms with van der Waals surface area (Å²) >= 11 is 0. The molecule has 0 aliphatic heterocycles. The Hall–Kier alpha value is -2.71. The first kappa shape index (κ1) is 18.6. The molecule has 2 rings (SSSR count). The monoisotopic (exact) mass is 365 g/mol. The molecule has 0 aliphatic carbocycles. The van der Waals surface area contributed by atoms with Crippen molar-refractivity contribution in [2.45, 2.75) is 0 Å². The van der Waals surface area contributed by atoms with Crippen LogP contribution in [0.4, 0.5) is 0 Å². The molecule has 25 heavy (non-hydrogen) atoms. The molecular formula is C17H19NO6S. The molecule has 0 aliphatic rings. The van der Waals surface area contributed by atoms with E-state index in [1.165, 1.54) is 13.2 Å². The van der Waals surface area contributed by atoms with Crippen LogP contribution in [0.2, 0.25) is 0 Å². The lowest BCUT2D eigenvalue weighted by Crippen LogP contribution is -2.18. The summed E-state index contributed by atoms with van der Waals surface area (Å²) in [6.45, 7) is 0. The number of ether oxygens (including phenoxy) is 3. The molecule has 0 fully saturated rings. The van der Waals surface area contributed by atoms with Crippen LogP contribution in [0.3, 0.4) is 0 Å². The normalized spacial score (nSPS) is 11.4. The van der Waals surface area contributed by atoms with E-state index in [0.717, 1.165) is 11.1 Å². The third-order valence-electron chi connectivity index (χ3n) is 3.23. The summed E-state index contributed by atoms with van der Waals surface area (Å²) in [6.07, 6.45) is 3.61. The summed E-state index contributed by atoms with van der Waals surface area (Å²) in [4.78, 5) is 0. The van der Waals surface area contributed by atoms with Gasteiger partial charge in [0.1, 0.15) is 5.75 Å². The van der Waals surface area contributed by atoms with E-state index in [4.69, 9.17) is 19.3 Å². The second kappa shape index (κ2) is 7.91. The molecule has 7 nitrogen and oxygen atoms in total. The Kier molecular flexibility index (Phi) is 5.89. The third kappa shape index (κ3) is 5.13. The van der Waals surface area contributed by atoms with Crippen molar-refractivity contribution < 1.29 is 26.8 Å². The number of hydrogen-bond acceptors (Lipinski definition) is 6. The van der Waals surface area contributed by atoms with E-state index in [1.807, 2.05) is 6.08 Å². The van der Waals surface area contributed by atoms with Crippen molar-refractivity contribution in [3.8, 4) is 23.0 Å². The predicted octanol–water partition coefficient (Wildman–Crippen LogP) is 2.47. The van der Waals surface area contributed by atoms with Crippen LogP contribution in [-0.2, 0) is 10.3 Å². The van der Waals surface area contributed by atoms with Crippen LogP contribution in [-0.4, -0.2) is 29.7 Å². The average molecular weight is 365 g/mol. The molecule has 2 aromatic rings. The highest BCUT2D eigenvalue weighted by molar-refractivity contribution is 7.84. The van der Waals surface area contributed by atoms with Crippen molar-refractivity contribution in [1.29, 1.82) is 0 Å². The van der Waals surface area contributed by atoms with Gasteiger partial charge in [0.25, 0.3) is 0 Å². The fraction of sp³-hybridized carbons (Fsp3) is 0.176. The third-order valence-corrected chi connectivity index (χ3v) is 3.65. The van der Waals surface area contributed by atoms with Crippen LogP contribution in [0.5, 0.6) is 23.0 Å². The van der Waals surface area contributed by atoms with E-state index < -0.39 is 10.3 Å². The maximum atomic E-state index is 11.0. The van der Waals surface area contributed by atoms with Gasteiger partial charge < -0.3 is 18.4 Å². The first-order valence-electron chi connectivity index (χ1n) is 7.16. The van der Waals surface area contributed by atoms with Crippen molar-refractivity contribution >= 4 is 22.5 Å². The van der Waals surface area contributed by atoms with Crippen molar-refractivity contribution in [1.82, 2.24) is 0 Å². The summed E-state index contributed by atoms with van der Waals surface area (Å²) in [7, 11) is 0.558. The summed E-state index contributed by atoms with van der Waals surface area (Å²) in [5.41, 5.74) is 1.54. The molecule has 134 valence electrons. The second-order valence-corrected chi connectivity index (χ2v) is 6.09. The Labute approximate surface area is 146 Å². The molecule has 0 spiro atoms. The number of benzene rings is 2. The van der Waals surface area contributed by atoms with Gasteiger partial charge in [-0.05, 0) is 35.4 Å². The molecular weight excluding hydrogens is 346 g/mol. The number of methoxy groups -OCH3 is 3. The highest BCUT2D eigenvalue weighted by atomic mass is 32.2. The standard InChI is InChI=1S/C17H19NO6S/c1-21-15-10-13(11-16(22-2)17(15)23-3)8-7-12-5-4-6-14(9-12)24-25(18,19)20/h4-11H,1-3H3,(H2,18,19,20)/b8-7+. The zero-order valence-electron chi connectivity index (χ0n) is 14.1. The first-order valence-corrected chi connectivity index (χ1v) is 8.64. The first-order chi connectivity index (χ1) is 11.9. The van der Waals surface area contributed by atoms with Gasteiger partial charge >= 0.3 is 10.3 Å². The van der Waals surface area contributed by atoms with Gasteiger partial charge in [-0.3, -0.25) is 0 Å². The zero-order valence-corrected chi connectivity index (χ0v) is 14.9. The summed E-state index contributed by atoms with van der Waals surface area (Å²) in [5.74, 6) is 1.71. The maximum absolute atomic E-state index is 11.0. The van der Waals surface area contributed by atoms with Gasteiger partial charge in [0.2, 0.25) is 5.75 Å². The second-order valence-electron chi connectivity index (χ2n) is 4.94. The molecule has 0 aromatic heterocycles. The molecule has 2 N–H and O–H groups in total. The van der Waals surface area contributed by atoms with Crippen LogP contribution >= 0.6 is 0 Å². The Morgan fingerprint density at radius 1 is 0.880 bits per heavy atom. The van der Waals surface area contributed by atoms with E-state index in [9.17, 15) is 8.42 Å².